The Morgan fingerprint density at radius 3 is 1.69 bits per heavy atom. The molecule has 1 fully saturated rings. The number of alkyl halides is 6. The summed E-state index contributed by atoms with van der Waals surface area (Å²) in [6, 6.07) is 0. The van der Waals surface area contributed by atoms with Gasteiger partial charge in [-0.25, -0.2) is 4.79 Å². The van der Waals surface area contributed by atoms with Gasteiger partial charge >= 0.3 is 18.4 Å². The molecule has 1 saturated heterocycles. The van der Waals surface area contributed by atoms with E-state index in [1.165, 1.54) is 4.90 Å². The molecule has 0 aromatic carbocycles. The molecule has 4 nitrogen and oxygen atoms in total. The van der Waals surface area contributed by atoms with Crippen molar-refractivity contribution in [1.29, 1.82) is 0 Å². The lowest BCUT2D eigenvalue weighted by molar-refractivity contribution is -0.308. The SMILES string of the molecule is [B]C1([B])CN(C(C)(C)C)C([B])([B])CN1C(=O)OC(C(F)(F)F)C(F)(F)F. The number of hydrogen-bond acceptors (Lipinski definition) is 3. The van der Waals surface area contributed by atoms with Crippen LogP contribution in [0.5, 0.6) is 0 Å². The highest BCUT2D eigenvalue weighted by Gasteiger charge is 2.61. The van der Waals surface area contributed by atoms with Gasteiger partial charge in [0.25, 0.3) is 6.10 Å². The lowest BCUT2D eigenvalue weighted by Gasteiger charge is -2.60. The van der Waals surface area contributed by atoms with Crippen LogP contribution in [0.4, 0.5) is 31.1 Å². The fourth-order valence-electron chi connectivity index (χ4n) is 2.55. The van der Waals surface area contributed by atoms with E-state index in [0.717, 1.165) is 0 Å². The molecule has 138 valence electrons. The average molecular weight is 375 g/mol. The molecule has 26 heavy (non-hydrogen) atoms. The minimum atomic E-state index is -5.88. The quantitative estimate of drug-likeness (QED) is 0.507. The Labute approximate surface area is 152 Å². The first-order valence-corrected chi connectivity index (χ1v) is 7.24. The van der Waals surface area contributed by atoms with Crippen molar-refractivity contribution in [3.63, 3.8) is 0 Å². The summed E-state index contributed by atoms with van der Waals surface area (Å²) in [6.45, 7) is 3.83. The molecule has 0 atom stereocenters. The van der Waals surface area contributed by atoms with Crippen LogP contribution in [-0.2, 0) is 4.74 Å². The van der Waals surface area contributed by atoms with Crippen LogP contribution in [0.3, 0.4) is 0 Å². The van der Waals surface area contributed by atoms with E-state index in [1.54, 1.807) is 20.8 Å². The van der Waals surface area contributed by atoms with Crippen molar-refractivity contribution in [2.75, 3.05) is 13.1 Å². The first kappa shape index (κ1) is 23.1. The third-order valence-corrected chi connectivity index (χ3v) is 3.67. The van der Waals surface area contributed by atoms with Crippen molar-refractivity contribution in [3.05, 3.63) is 0 Å². The van der Waals surface area contributed by atoms with Crippen molar-refractivity contribution < 1.29 is 35.9 Å². The second kappa shape index (κ2) is 6.60. The van der Waals surface area contributed by atoms with Crippen molar-refractivity contribution in [2.45, 2.75) is 55.4 Å². The lowest BCUT2D eigenvalue weighted by Crippen LogP contribution is -2.76. The maximum Gasteiger partial charge on any atom is 0.434 e. The minimum absolute atomic E-state index is 0.250. The van der Waals surface area contributed by atoms with E-state index in [-0.39, 0.29) is 4.90 Å². The molecule has 0 aromatic heterocycles. The highest BCUT2D eigenvalue weighted by atomic mass is 19.4. The van der Waals surface area contributed by atoms with Gasteiger partial charge in [0.15, 0.2) is 0 Å². The molecule has 8 radical (unpaired) electrons. The van der Waals surface area contributed by atoms with E-state index in [4.69, 9.17) is 31.4 Å². The number of carbonyl (C=O) groups is 1. The number of piperazine rings is 1. The van der Waals surface area contributed by atoms with Gasteiger partial charge in [0.05, 0.1) is 31.4 Å². The van der Waals surface area contributed by atoms with Gasteiger partial charge < -0.3 is 14.5 Å². The normalized spacial score (nSPS) is 21.7. The summed E-state index contributed by atoms with van der Waals surface area (Å²) in [4.78, 5) is 13.6. The van der Waals surface area contributed by atoms with E-state index < -0.39 is 53.9 Å². The van der Waals surface area contributed by atoms with E-state index in [1.807, 2.05) is 0 Å². The molecule has 0 aliphatic carbocycles. The number of carbonyl (C=O) groups excluding carboxylic acids is 1. The Morgan fingerprint density at radius 2 is 1.35 bits per heavy atom. The van der Waals surface area contributed by atoms with Gasteiger partial charge in [-0.3, -0.25) is 0 Å². The first-order valence-electron chi connectivity index (χ1n) is 7.24. The standard InChI is InChI=1S/C12H14B4F6N2O2/c1-8(2,3)24-5-9(13,14)23(4-10(24,15)16)7(25)26-6(11(17,18)19)12(20,21)22/h6H,4-5H2,1-3H3. The average Bonchev–Trinajstić information content (AvgIpc) is 2.34. The number of rotatable bonds is 1. The summed E-state index contributed by atoms with van der Waals surface area (Å²) in [5, 5.41) is -4.00. The van der Waals surface area contributed by atoms with Crippen molar-refractivity contribution in [1.82, 2.24) is 9.80 Å². The largest absolute Gasteiger partial charge is 0.434 e. The summed E-state index contributed by atoms with van der Waals surface area (Å²) >= 11 is 0. The second-order valence-electron chi connectivity index (χ2n) is 7.17. The van der Waals surface area contributed by atoms with E-state index in [9.17, 15) is 31.1 Å². The fourth-order valence-corrected chi connectivity index (χ4v) is 2.55. The van der Waals surface area contributed by atoms with Crippen LogP contribution in [0.2, 0.25) is 0 Å². The summed E-state index contributed by atoms with van der Waals surface area (Å²) in [5.74, 6) is 0. The smallest absolute Gasteiger partial charge is 0.426 e. The van der Waals surface area contributed by atoms with Crippen LogP contribution in [-0.4, -0.2) is 95.0 Å². The maximum atomic E-state index is 12.6. The molecule has 1 heterocycles. The Kier molecular flexibility index (Phi) is 5.86. The Morgan fingerprint density at radius 1 is 0.923 bits per heavy atom. The van der Waals surface area contributed by atoms with Crippen molar-refractivity contribution in [3.8, 4) is 0 Å². The van der Waals surface area contributed by atoms with Gasteiger partial charge in [0.2, 0.25) is 0 Å². The van der Waals surface area contributed by atoms with Crippen LogP contribution >= 0.6 is 0 Å². The molecule has 0 bridgehead atoms. The highest BCUT2D eigenvalue weighted by molar-refractivity contribution is 6.43. The lowest BCUT2D eigenvalue weighted by atomic mass is 9.51. The van der Waals surface area contributed by atoms with Crippen LogP contribution < -0.4 is 0 Å². The van der Waals surface area contributed by atoms with Crippen LogP contribution in [0.1, 0.15) is 20.8 Å². The second-order valence-corrected chi connectivity index (χ2v) is 7.17. The molecule has 0 aromatic rings. The zero-order valence-electron chi connectivity index (χ0n) is 14.3. The number of nitrogens with zero attached hydrogens (tertiary/aromatic N) is 2. The van der Waals surface area contributed by atoms with Crippen molar-refractivity contribution in [2.24, 2.45) is 0 Å². The van der Waals surface area contributed by atoms with E-state index in [2.05, 4.69) is 4.74 Å². The van der Waals surface area contributed by atoms with Gasteiger partial charge in [-0.05, 0) is 31.4 Å². The molecule has 0 N–H and O–H groups in total. The Bertz CT molecular complexity index is 533. The molecule has 14 heteroatoms. The predicted octanol–water partition coefficient (Wildman–Crippen LogP) is 1.01. The zero-order valence-corrected chi connectivity index (χ0v) is 14.3. The molecule has 0 unspecified atom stereocenters. The Balaban J connectivity index is 3.13. The molecular formula is C12H14B4F6N2O2. The van der Waals surface area contributed by atoms with Gasteiger partial charge in [-0.1, -0.05) is 0 Å². The van der Waals surface area contributed by atoms with Gasteiger partial charge in [-0.2, -0.15) is 26.3 Å². The number of halogens is 6. The molecule has 1 amide bonds. The van der Waals surface area contributed by atoms with Crippen LogP contribution in [0.15, 0.2) is 0 Å². The molecule has 0 spiro atoms. The molecule has 1 aliphatic rings. The predicted molar refractivity (Wildman–Crippen MR) is 84.0 cm³/mol. The summed E-state index contributed by atoms with van der Waals surface area (Å²) < 4.78 is 79.0. The van der Waals surface area contributed by atoms with Crippen LogP contribution in [0.25, 0.3) is 0 Å². The first-order chi connectivity index (χ1) is 11.2. The third-order valence-electron chi connectivity index (χ3n) is 3.67. The van der Waals surface area contributed by atoms with E-state index in [0.29, 0.717) is 0 Å². The van der Waals surface area contributed by atoms with E-state index >= 15 is 0 Å². The zero-order chi connectivity index (χ0) is 20.9. The van der Waals surface area contributed by atoms with Crippen molar-refractivity contribution >= 4 is 37.5 Å². The molecule has 0 saturated carbocycles. The molecule has 1 rings (SSSR count). The summed E-state index contributed by atoms with van der Waals surface area (Å²) in [5.41, 5.74) is -0.718. The van der Waals surface area contributed by atoms with Crippen LogP contribution in [0, 0.1) is 0 Å². The number of amides is 1. The molecular weight excluding hydrogens is 361 g/mol. The molecule has 1 aliphatic heterocycles. The maximum absolute atomic E-state index is 12.6. The van der Waals surface area contributed by atoms with Gasteiger partial charge in [-0.15, -0.1) is 0 Å². The third kappa shape index (κ3) is 5.07. The summed E-state index contributed by atoms with van der Waals surface area (Å²) in [7, 11) is 23.1. The Hall–Kier alpha value is -0.930. The number of hydrogen-bond donors (Lipinski definition) is 0. The minimum Gasteiger partial charge on any atom is -0.426 e. The van der Waals surface area contributed by atoms with Gasteiger partial charge in [0, 0.05) is 18.6 Å². The monoisotopic (exact) mass is 376 g/mol. The topological polar surface area (TPSA) is 32.8 Å². The fraction of sp³-hybridized carbons (Fsp3) is 0.917. The summed E-state index contributed by atoms with van der Waals surface area (Å²) in [6.07, 6.45) is -18.1. The highest BCUT2D eigenvalue weighted by Crippen LogP contribution is 2.37. The van der Waals surface area contributed by atoms with Gasteiger partial charge in [0.1, 0.15) is 0 Å². The number of ether oxygens (including phenoxy) is 1.